The average Bonchev–Trinajstić information content (AvgIpc) is 2.53. The van der Waals surface area contributed by atoms with Crippen LogP contribution in [-0.2, 0) is 4.79 Å². The van der Waals surface area contributed by atoms with E-state index in [1.54, 1.807) is 24.3 Å². The number of benzene rings is 2. The number of carboxylic acids is 1. The molecule has 0 atom stereocenters. The van der Waals surface area contributed by atoms with Gasteiger partial charge in [-0.15, -0.1) is 0 Å². The Labute approximate surface area is 122 Å². The highest BCUT2D eigenvalue weighted by atomic mass is 16.5. The minimum atomic E-state index is -1.07. The predicted molar refractivity (Wildman–Crippen MR) is 78.9 cm³/mol. The fraction of sp³-hybridized carbons (Fsp3) is 0.0588. The summed E-state index contributed by atoms with van der Waals surface area (Å²) in [6.07, 6.45) is 0. The van der Waals surface area contributed by atoms with E-state index in [2.05, 4.69) is 12.6 Å². The summed E-state index contributed by atoms with van der Waals surface area (Å²) in [4.78, 5) is 10.6. The van der Waals surface area contributed by atoms with Crippen LogP contribution in [0.3, 0.4) is 0 Å². The Hall–Kier alpha value is -3.06. The maximum Gasteiger partial charge on any atom is 0.334 e. The van der Waals surface area contributed by atoms with E-state index >= 15 is 0 Å². The lowest BCUT2D eigenvalue weighted by molar-refractivity contribution is -0.133. The lowest BCUT2D eigenvalue weighted by Gasteiger charge is -2.07. The molecule has 0 amide bonds. The molecule has 0 aliphatic carbocycles. The molecule has 0 aliphatic rings. The van der Waals surface area contributed by atoms with Crippen LogP contribution in [0.4, 0.5) is 0 Å². The van der Waals surface area contributed by atoms with Crippen LogP contribution >= 0.6 is 0 Å². The van der Waals surface area contributed by atoms with Crippen molar-refractivity contribution >= 4 is 5.97 Å². The van der Waals surface area contributed by atoms with Crippen molar-refractivity contribution < 1.29 is 14.6 Å². The van der Waals surface area contributed by atoms with Gasteiger partial charge in [-0.05, 0) is 35.4 Å². The van der Waals surface area contributed by atoms with Crippen molar-refractivity contribution in [2.75, 3.05) is 6.61 Å². The quantitative estimate of drug-likeness (QED) is 0.853. The van der Waals surface area contributed by atoms with Crippen LogP contribution in [0.15, 0.2) is 60.7 Å². The van der Waals surface area contributed by atoms with Crippen molar-refractivity contribution in [3.05, 3.63) is 66.2 Å². The summed E-state index contributed by atoms with van der Waals surface area (Å²) in [5.74, 6) is -0.487. The number of hydrogen-bond acceptors (Lipinski definition) is 3. The van der Waals surface area contributed by atoms with Gasteiger partial charge in [0.1, 0.15) is 12.4 Å². The zero-order valence-corrected chi connectivity index (χ0v) is 11.2. The van der Waals surface area contributed by atoms with Crippen molar-refractivity contribution in [1.82, 2.24) is 0 Å². The van der Waals surface area contributed by atoms with Gasteiger partial charge in [0.25, 0.3) is 0 Å². The molecule has 2 aromatic carbocycles. The SMILES string of the molecule is C=C(COc1ccc(-c2ccc(C#N)cc2)cc1)C(=O)O. The molecule has 1 N–H and O–H groups in total. The van der Waals surface area contributed by atoms with Gasteiger partial charge in [-0.3, -0.25) is 0 Å². The first kappa shape index (κ1) is 14.4. The zero-order chi connectivity index (χ0) is 15.2. The monoisotopic (exact) mass is 279 g/mol. The van der Waals surface area contributed by atoms with Gasteiger partial charge in [-0.2, -0.15) is 5.26 Å². The summed E-state index contributed by atoms with van der Waals surface area (Å²) in [6, 6.07) is 16.6. The lowest BCUT2D eigenvalue weighted by atomic mass is 10.0. The summed E-state index contributed by atoms with van der Waals surface area (Å²) in [7, 11) is 0. The van der Waals surface area contributed by atoms with E-state index in [4.69, 9.17) is 15.1 Å². The normalized spacial score (nSPS) is 9.67. The molecule has 2 rings (SSSR count). The van der Waals surface area contributed by atoms with Crippen molar-refractivity contribution in [2.24, 2.45) is 0 Å². The van der Waals surface area contributed by atoms with Crippen LogP contribution in [0.25, 0.3) is 11.1 Å². The van der Waals surface area contributed by atoms with Gasteiger partial charge >= 0.3 is 5.97 Å². The van der Waals surface area contributed by atoms with E-state index < -0.39 is 5.97 Å². The molecule has 0 saturated heterocycles. The second-order valence-corrected chi connectivity index (χ2v) is 4.41. The number of rotatable bonds is 5. The number of aliphatic carboxylic acids is 1. The molecule has 0 bridgehead atoms. The van der Waals surface area contributed by atoms with Crippen molar-refractivity contribution in [3.63, 3.8) is 0 Å². The van der Waals surface area contributed by atoms with E-state index in [-0.39, 0.29) is 12.2 Å². The molecule has 0 aromatic heterocycles. The molecule has 21 heavy (non-hydrogen) atoms. The maximum atomic E-state index is 10.6. The molecule has 0 unspecified atom stereocenters. The Morgan fingerprint density at radius 2 is 1.62 bits per heavy atom. The van der Waals surface area contributed by atoms with Crippen molar-refractivity contribution in [1.29, 1.82) is 5.26 Å². The largest absolute Gasteiger partial charge is 0.489 e. The highest BCUT2D eigenvalue weighted by Gasteiger charge is 2.05. The lowest BCUT2D eigenvalue weighted by Crippen LogP contribution is -2.08. The summed E-state index contributed by atoms with van der Waals surface area (Å²) in [5, 5.41) is 17.5. The molecule has 0 spiro atoms. The van der Waals surface area contributed by atoms with Crippen LogP contribution in [0.1, 0.15) is 5.56 Å². The molecule has 0 radical (unpaired) electrons. The number of carbonyl (C=O) groups is 1. The molecule has 4 heteroatoms. The van der Waals surface area contributed by atoms with Gasteiger partial charge in [0, 0.05) is 0 Å². The van der Waals surface area contributed by atoms with Gasteiger partial charge in [-0.25, -0.2) is 4.79 Å². The minimum absolute atomic E-state index is 0.00571. The van der Waals surface area contributed by atoms with Gasteiger partial charge in [0.15, 0.2) is 0 Å². The topological polar surface area (TPSA) is 70.3 Å². The molecule has 104 valence electrons. The van der Waals surface area contributed by atoms with E-state index in [0.29, 0.717) is 11.3 Å². The fourth-order valence-corrected chi connectivity index (χ4v) is 1.71. The third-order valence-electron chi connectivity index (χ3n) is 2.92. The Kier molecular flexibility index (Phi) is 4.37. The van der Waals surface area contributed by atoms with Crippen molar-refractivity contribution in [2.45, 2.75) is 0 Å². The molecule has 4 nitrogen and oxygen atoms in total. The van der Waals surface area contributed by atoms with Gasteiger partial charge < -0.3 is 9.84 Å². The Bertz CT molecular complexity index is 694. The smallest absolute Gasteiger partial charge is 0.334 e. The number of nitrogens with zero attached hydrogens (tertiary/aromatic N) is 1. The number of ether oxygens (including phenoxy) is 1. The maximum absolute atomic E-state index is 10.6. The predicted octanol–water partition coefficient (Wildman–Crippen LogP) is 3.24. The van der Waals surface area contributed by atoms with Gasteiger partial charge in [-0.1, -0.05) is 30.8 Å². The third-order valence-corrected chi connectivity index (χ3v) is 2.92. The van der Waals surface area contributed by atoms with Crippen LogP contribution in [-0.4, -0.2) is 17.7 Å². The zero-order valence-electron chi connectivity index (χ0n) is 11.2. The van der Waals surface area contributed by atoms with E-state index in [1.807, 2.05) is 24.3 Å². The summed E-state index contributed by atoms with van der Waals surface area (Å²) in [5.41, 5.74) is 2.61. The minimum Gasteiger partial charge on any atom is -0.489 e. The molecule has 2 aromatic rings. The third kappa shape index (κ3) is 3.71. The van der Waals surface area contributed by atoms with E-state index in [0.717, 1.165) is 11.1 Å². The summed E-state index contributed by atoms with van der Waals surface area (Å²) in [6.45, 7) is 3.35. The Morgan fingerprint density at radius 3 is 2.10 bits per heavy atom. The summed E-state index contributed by atoms with van der Waals surface area (Å²) < 4.78 is 5.33. The van der Waals surface area contributed by atoms with Crippen LogP contribution < -0.4 is 4.74 Å². The second-order valence-electron chi connectivity index (χ2n) is 4.41. The number of hydrogen-bond donors (Lipinski definition) is 1. The van der Waals surface area contributed by atoms with Crippen molar-refractivity contribution in [3.8, 4) is 22.9 Å². The van der Waals surface area contributed by atoms with Crippen LogP contribution in [0.5, 0.6) is 5.75 Å². The highest BCUT2D eigenvalue weighted by Crippen LogP contribution is 2.23. The first-order valence-corrected chi connectivity index (χ1v) is 6.24. The number of nitriles is 1. The molecular formula is C17H13NO3. The molecule has 0 heterocycles. The molecule has 0 saturated carbocycles. The molecule has 0 fully saturated rings. The highest BCUT2D eigenvalue weighted by molar-refractivity contribution is 5.86. The van der Waals surface area contributed by atoms with Gasteiger partial charge in [0.2, 0.25) is 0 Å². The standard InChI is InChI=1S/C17H13NO3/c1-12(17(19)20)11-21-16-8-6-15(7-9-16)14-4-2-13(10-18)3-5-14/h2-9H,1,11H2,(H,19,20). The van der Waals surface area contributed by atoms with E-state index in [9.17, 15) is 4.79 Å². The van der Waals surface area contributed by atoms with Gasteiger partial charge in [0.05, 0.1) is 17.2 Å². The number of carboxylic acid groups (broad SMARTS) is 1. The van der Waals surface area contributed by atoms with Crippen LogP contribution in [0, 0.1) is 11.3 Å². The molecular weight excluding hydrogens is 266 g/mol. The van der Waals surface area contributed by atoms with Crippen LogP contribution in [0.2, 0.25) is 0 Å². The fourth-order valence-electron chi connectivity index (χ4n) is 1.71. The average molecular weight is 279 g/mol. The molecule has 0 aliphatic heterocycles. The second kappa shape index (κ2) is 6.40. The first-order chi connectivity index (χ1) is 10.1. The Balaban J connectivity index is 2.06. The van der Waals surface area contributed by atoms with E-state index in [1.165, 1.54) is 0 Å². The Morgan fingerprint density at radius 1 is 1.10 bits per heavy atom. The first-order valence-electron chi connectivity index (χ1n) is 6.24. The summed E-state index contributed by atoms with van der Waals surface area (Å²) >= 11 is 0.